The molecule has 1 amide bonds. The number of carbonyl (C=O) groups is 1. The number of H-pyrrole nitrogens is 1. The average molecular weight is 352 g/mol. The number of aromatic amines is 1. The number of hydrogen-bond acceptors (Lipinski definition) is 4. The van der Waals surface area contributed by atoms with Crippen molar-refractivity contribution in [3.05, 3.63) is 65.4 Å². The molecule has 0 unspecified atom stereocenters. The van der Waals surface area contributed by atoms with Crippen LogP contribution >= 0.6 is 11.3 Å². The number of thiazole rings is 1. The summed E-state index contributed by atoms with van der Waals surface area (Å²) in [5.74, 6) is -0.157. The molecule has 2 heterocycles. The summed E-state index contributed by atoms with van der Waals surface area (Å²) in [6.07, 6.45) is 0.0992. The fraction of sp³-hybridized carbons (Fsp3) is 0.0556. The van der Waals surface area contributed by atoms with Gasteiger partial charge >= 0.3 is 0 Å². The summed E-state index contributed by atoms with van der Waals surface area (Å²) < 4.78 is 13.8. The monoisotopic (exact) mass is 352 g/mol. The quantitative estimate of drug-likeness (QED) is 0.583. The predicted molar refractivity (Wildman–Crippen MR) is 95.9 cm³/mol. The van der Waals surface area contributed by atoms with Crippen LogP contribution in [0.2, 0.25) is 0 Å². The molecule has 0 bridgehead atoms. The standard InChI is InChI=1S/C18H13FN4OS/c19-13-6-2-1-5-12(13)17-20-11(10-25-17)9-16(24)23-18-21-14-7-3-4-8-15(14)22-18/h1-8,10H,9H2,(H2,21,22,23,24). The van der Waals surface area contributed by atoms with E-state index in [1.54, 1.807) is 23.6 Å². The van der Waals surface area contributed by atoms with E-state index >= 15 is 0 Å². The number of imidazole rings is 1. The first-order valence-corrected chi connectivity index (χ1v) is 8.51. The van der Waals surface area contributed by atoms with Crippen LogP contribution in [0, 0.1) is 5.82 Å². The van der Waals surface area contributed by atoms with Gasteiger partial charge in [0.05, 0.1) is 23.1 Å². The second-order valence-corrected chi connectivity index (χ2v) is 6.31. The van der Waals surface area contributed by atoms with Crippen molar-refractivity contribution >= 4 is 34.2 Å². The number of carbonyl (C=O) groups excluding carboxylic acids is 1. The van der Waals surface area contributed by atoms with Crippen molar-refractivity contribution < 1.29 is 9.18 Å². The Balaban J connectivity index is 1.47. The third-order valence-corrected chi connectivity index (χ3v) is 4.57. The lowest BCUT2D eigenvalue weighted by atomic mass is 10.2. The lowest BCUT2D eigenvalue weighted by Crippen LogP contribution is -2.15. The molecule has 2 aromatic heterocycles. The summed E-state index contributed by atoms with van der Waals surface area (Å²) in [5, 5.41) is 5.05. The van der Waals surface area contributed by atoms with Crippen LogP contribution < -0.4 is 5.32 Å². The van der Waals surface area contributed by atoms with E-state index in [0.717, 1.165) is 11.0 Å². The normalized spacial score (nSPS) is 10.9. The molecule has 7 heteroatoms. The van der Waals surface area contributed by atoms with Gasteiger partial charge in [0.25, 0.3) is 0 Å². The Kier molecular flexibility index (Phi) is 3.99. The number of anilines is 1. The first-order chi connectivity index (χ1) is 12.2. The van der Waals surface area contributed by atoms with Gasteiger partial charge in [0.2, 0.25) is 11.9 Å². The molecule has 0 fully saturated rings. The molecule has 0 saturated heterocycles. The molecule has 4 rings (SSSR count). The van der Waals surface area contributed by atoms with Crippen LogP contribution in [0.5, 0.6) is 0 Å². The Labute approximate surface area is 146 Å². The van der Waals surface area contributed by atoms with Gasteiger partial charge in [-0.05, 0) is 24.3 Å². The van der Waals surface area contributed by atoms with Crippen molar-refractivity contribution in [3.63, 3.8) is 0 Å². The fourth-order valence-corrected chi connectivity index (χ4v) is 3.35. The number of nitrogens with one attached hydrogen (secondary N) is 2. The van der Waals surface area contributed by atoms with Gasteiger partial charge < -0.3 is 4.98 Å². The smallest absolute Gasteiger partial charge is 0.232 e. The van der Waals surface area contributed by atoms with Crippen LogP contribution in [0.1, 0.15) is 5.69 Å². The van der Waals surface area contributed by atoms with Gasteiger partial charge in [0, 0.05) is 10.9 Å². The topological polar surface area (TPSA) is 70.7 Å². The zero-order chi connectivity index (χ0) is 17.2. The number of para-hydroxylation sites is 2. The molecule has 0 saturated carbocycles. The van der Waals surface area contributed by atoms with Crippen molar-refractivity contribution in [3.8, 4) is 10.6 Å². The minimum Gasteiger partial charge on any atom is -0.324 e. The molecule has 0 atom stereocenters. The summed E-state index contributed by atoms with van der Waals surface area (Å²) in [7, 11) is 0. The second kappa shape index (κ2) is 6.45. The highest BCUT2D eigenvalue weighted by Crippen LogP contribution is 2.26. The third kappa shape index (κ3) is 3.27. The SMILES string of the molecule is O=C(Cc1csc(-c2ccccc2F)n1)Nc1nc2ccccc2[nH]1. The molecular weight excluding hydrogens is 339 g/mol. The summed E-state index contributed by atoms with van der Waals surface area (Å²) in [5.41, 5.74) is 2.68. The molecule has 0 aliphatic rings. The number of nitrogens with zero attached hydrogens (tertiary/aromatic N) is 2. The molecule has 0 radical (unpaired) electrons. The Morgan fingerprint density at radius 2 is 1.92 bits per heavy atom. The minimum absolute atomic E-state index is 0.0992. The molecule has 2 aromatic carbocycles. The van der Waals surface area contributed by atoms with E-state index in [0.29, 0.717) is 22.2 Å². The van der Waals surface area contributed by atoms with E-state index in [-0.39, 0.29) is 18.1 Å². The van der Waals surface area contributed by atoms with E-state index in [1.807, 2.05) is 24.3 Å². The van der Waals surface area contributed by atoms with Crippen LogP contribution in [0.3, 0.4) is 0 Å². The molecule has 0 aliphatic carbocycles. The Bertz CT molecular complexity index is 1020. The highest BCUT2D eigenvalue weighted by atomic mass is 32.1. The predicted octanol–water partition coefficient (Wildman–Crippen LogP) is 4.01. The number of halogens is 1. The third-order valence-electron chi connectivity index (χ3n) is 3.64. The van der Waals surface area contributed by atoms with Crippen molar-refractivity contribution in [2.75, 3.05) is 5.32 Å². The van der Waals surface area contributed by atoms with Crippen LogP contribution in [0.25, 0.3) is 21.6 Å². The Hall–Kier alpha value is -3.06. The maximum absolute atomic E-state index is 13.8. The van der Waals surface area contributed by atoms with Crippen molar-refractivity contribution in [1.82, 2.24) is 15.0 Å². The number of fused-ring (bicyclic) bond motifs is 1. The van der Waals surface area contributed by atoms with Gasteiger partial charge in [0.1, 0.15) is 10.8 Å². The van der Waals surface area contributed by atoms with Gasteiger partial charge in [-0.2, -0.15) is 0 Å². The zero-order valence-corrected chi connectivity index (χ0v) is 13.8. The highest BCUT2D eigenvalue weighted by Gasteiger charge is 2.13. The molecule has 4 aromatic rings. The molecule has 0 spiro atoms. The van der Waals surface area contributed by atoms with E-state index in [1.165, 1.54) is 17.4 Å². The second-order valence-electron chi connectivity index (χ2n) is 5.45. The van der Waals surface area contributed by atoms with Gasteiger partial charge in [-0.25, -0.2) is 14.4 Å². The fourth-order valence-electron chi connectivity index (χ4n) is 2.50. The van der Waals surface area contributed by atoms with Crippen LogP contribution in [-0.4, -0.2) is 20.9 Å². The average Bonchev–Trinajstić information content (AvgIpc) is 3.21. The highest BCUT2D eigenvalue weighted by molar-refractivity contribution is 7.13. The van der Waals surface area contributed by atoms with E-state index in [9.17, 15) is 9.18 Å². The Morgan fingerprint density at radius 3 is 2.76 bits per heavy atom. The molecule has 0 aliphatic heterocycles. The number of benzene rings is 2. The van der Waals surface area contributed by atoms with E-state index in [4.69, 9.17) is 0 Å². The number of hydrogen-bond donors (Lipinski definition) is 2. The molecule has 25 heavy (non-hydrogen) atoms. The first-order valence-electron chi connectivity index (χ1n) is 7.63. The number of rotatable bonds is 4. The molecule has 124 valence electrons. The van der Waals surface area contributed by atoms with Crippen LogP contribution in [0.4, 0.5) is 10.3 Å². The summed E-state index contributed by atoms with van der Waals surface area (Å²) >= 11 is 1.31. The summed E-state index contributed by atoms with van der Waals surface area (Å²) in [6, 6.07) is 14.0. The van der Waals surface area contributed by atoms with Gasteiger partial charge in [-0.15, -0.1) is 11.3 Å². The van der Waals surface area contributed by atoms with Gasteiger partial charge in [-0.3, -0.25) is 10.1 Å². The first kappa shape index (κ1) is 15.5. The molecule has 5 nitrogen and oxygen atoms in total. The van der Waals surface area contributed by atoms with Crippen molar-refractivity contribution in [2.45, 2.75) is 6.42 Å². The van der Waals surface area contributed by atoms with Gasteiger partial charge in [-0.1, -0.05) is 24.3 Å². The molecule has 2 N–H and O–H groups in total. The van der Waals surface area contributed by atoms with E-state index in [2.05, 4.69) is 20.3 Å². The summed E-state index contributed by atoms with van der Waals surface area (Å²) in [4.78, 5) is 23.9. The Morgan fingerprint density at radius 1 is 1.12 bits per heavy atom. The lowest BCUT2D eigenvalue weighted by Gasteiger charge is -2.00. The summed E-state index contributed by atoms with van der Waals surface area (Å²) in [6.45, 7) is 0. The minimum atomic E-state index is -0.324. The zero-order valence-electron chi connectivity index (χ0n) is 13.0. The van der Waals surface area contributed by atoms with Crippen molar-refractivity contribution in [2.24, 2.45) is 0 Å². The number of amides is 1. The van der Waals surface area contributed by atoms with Crippen molar-refractivity contribution in [1.29, 1.82) is 0 Å². The maximum atomic E-state index is 13.8. The largest absolute Gasteiger partial charge is 0.324 e. The van der Waals surface area contributed by atoms with Crippen LogP contribution in [0.15, 0.2) is 53.9 Å². The van der Waals surface area contributed by atoms with Gasteiger partial charge in [0.15, 0.2) is 0 Å². The molecular formula is C18H13FN4OS. The lowest BCUT2D eigenvalue weighted by molar-refractivity contribution is -0.115. The number of aromatic nitrogens is 3. The van der Waals surface area contributed by atoms with Crippen LogP contribution in [-0.2, 0) is 11.2 Å². The maximum Gasteiger partial charge on any atom is 0.232 e. The van der Waals surface area contributed by atoms with E-state index < -0.39 is 0 Å².